The van der Waals surface area contributed by atoms with Crippen LogP contribution < -0.4 is 9.80 Å². The number of amides is 3. The first-order chi connectivity index (χ1) is 16.8. The Hall–Kier alpha value is -3.92. The number of aromatic nitrogens is 1. The molecule has 0 N–H and O–H groups in total. The van der Waals surface area contributed by atoms with Gasteiger partial charge in [0.1, 0.15) is 10.7 Å². The van der Waals surface area contributed by atoms with Gasteiger partial charge in [-0.05, 0) is 49.7 Å². The maximum atomic E-state index is 13.7. The predicted octanol–water partition coefficient (Wildman–Crippen LogP) is 4.27. The molecule has 180 valence electrons. The van der Waals surface area contributed by atoms with Crippen molar-refractivity contribution in [3.8, 4) is 0 Å². The molecule has 2 heterocycles. The third-order valence-corrected chi connectivity index (χ3v) is 6.54. The lowest BCUT2D eigenvalue weighted by Gasteiger charge is -2.21. The molecule has 0 atom stereocenters. The Kier molecular flexibility index (Phi) is 7.02. The van der Waals surface area contributed by atoms with E-state index in [-0.39, 0.29) is 53.4 Å². The van der Waals surface area contributed by atoms with Gasteiger partial charge in [0.25, 0.3) is 5.91 Å². The minimum Gasteiger partial charge on any atom is -0.462 e. The van der Waals surface area contributed by atoms with Crippen molar-refractivity contribution in [3.63, 3.8) is 0 Å². The van der Waals surface area contributed by atoms with E-state index in [1.54, 1.807) is 44.2 Å². The molecular formula is C25H22FN3O5S. The summed E-state index contributed by atoms with van der Waals surface area (Å²) in [5, 5.41) is 0.263. The van der Waals surface area contributed by atoms with E-state index in [0.717, 1.165) is 16.2 Å². The van der Waals surface area contributed by atoms with E-state index < -0.39 is 17.7 Å². The molecule has 35 heavy (non-hydrogen) atoms. The van der Waals surface area contributed by atoms with Gasteiger partial charge in [-0.3, -0.25) is 24.2 Å². The highest BCUT2D eigenvalue weighted by molar-refractivity contribution is 7.17. The molecule has 0 bridgehead atoms. The number of hydrogen-bond acceptors (Lipinski definition) is 7. The summed E-state index contributed by atoms with van der Waals surface area (Å²) in [4.78, 5) is 57.5. The standard InChI is InChI=1S/C25H22FN3O5S/c1-3-34-24(33)22-15(2)27-25(35-22)28(14-16-7-9-18(26)10-8-16)23(32)17-5-4-6-19(13-17)29-20(30)11-12-21(29)31/h4-10,13H,3,11-12,14H2,1-2H3. The number of hydrogen-bond donors (Lipinski definition) is 0. The second kappa shape index (κ2) is 10.1. The number of imide groups is 1. The molecule has 0 spiro atoms. The van der Waals surface area contributed by atoms with Crippen LogP contribution in [0.5, 0.6) is 0 Å². The number of carbonyl (C=O) groups is 4. The van der Waals surface area contributed by atoms with E-state index in [1.165, 1.54) is 23.1 Å². The molecule has 1 saturated heterocycles. The van der Waals surface area contributed by atoms with Crippen LogP contribution in [0.15, 0.2) is 48.5 Å². The molecule has 3 amide bonds. The highest BCUT2D eigenvalue weighted by Crippen LogP contribution is 2.31. The zero-order valence-corrected chi connectivity index (χ0v) is 19.9. The minimum atomic E-state index is -0.531. The smallest absolute Gasteiger partial charge is 0.350 e. The predicted molar refractivity (Wildman–Crippen MR) is 128 cm³/mol. The number of rotatable bonds is 7. The van der Waals surface area contributed by atoms with Gasteiger partial charge < -0.3 is 4.74 Å². The minimum absolute atomic E-state index is 0.0557. The van der Waals surface area contributed by atoms with Gasteiger partial charge in [0.05, 0.1) is 24.5 Å². The van der Waals surface area contributed by atoms with E-state index in [4.69, 9.17) is 4.74 Å². The maximum absolute atomic E-state index is 13.7. The normalized spacial score (nSPS) is 13.3. The Labute approximate surface area is 204 Å². The lowest BCUT2D eigenvalue weighted by Crippen LogP contribution is -2.31. The first-order valence-electron chi connectivity index (χ1n) is 10.9. The molecule has 8 nitrogen and oxygen atoms in total. The average molecular weight is 496 g/mol. The Morgan fingerprint density at radius 3 is 2.46 bits per heavy atom. The lowest BCUT2D eigenvalue weighted by atomic mass is 10.1. The Morgan fingerprint density at radius 1 is 1.11 bits per heavy atom. The average Bonchev–Trinajstić information content (AvgIpc) is 3.39. The molecule has 1 aromatic heterocycles. The number of aryl methyl sites for hydroxylation is 1. The van der Waals surface area contributed by atoms with E-state index in [9.17, 15) is 23.6 Å². The Balaban J connectivity index is 1.72. The van der Waals surface area contributed by atoms with E-state index in [0.29, 0.717) is 16.9 Å². The van der Waals surface area contributed by atoms with Crippen LogP contribution in [0.1, 0.15) is 51.1 Å². The van der Waals surface area contributed by atoms with Crippen LogP contribution in [0.25, 0.3) is 0 Å². The van der Waals surface area contributed by atoms with Crippen molar-refractivity contribution < 1.29 is 28.3 Å². The molecule has 4 rings (SSSR count). The molecule has 1 fully saturated rings. The summed E-state index contributed by atoms with van der Waals surface area (Å²) < 4.78 is 18.5. The van der Waals surface area contributed by atoms with Gasteiger partial charge in [0, 0.05) is 18.4 Å². The van der Waals surface area contributed by atoms with E-state index in [1.807, 2.05) is 0 Å². The number of benzene rings is 2. The van der Waals surface area contributed by atoms with Crippen LogP contribution in [0, 0.1) is 12.7 Å². The quantitative estimate of drug-likeness (QED) is 0.359. The lowest BCUT2D eigenvalue weighted by molar-refractivity contribution is -0.121. The number of anilines is 2. The van der Waals surface area contributed by atoms with Crippen molar-refractivity contribution in [1.82, 2.24) is 4.98 Å². The zero-order valence-electron chi connectivity index (χ0n) is 19.1. The van der Waals surface area contributed by atoms with Crippen LogP contribution in [0.2, 0.25) is 0 Å². The van der Waals surface area contributed by atoms with E-state index in [2.05, 4.69) is 4.98 Å². The molecule has 0 unspecified atom stereocenters. The summed E-state index contributed by atoms with van der Waals surface area (Å²) in [7, 11) is 0. The van der Waals surface area contributed by atoms with E-state index >= 15 is 0 Å². The van der Waals surface area contributed by atoms with Gasteiger partial charge in [-0.2, -0.15) is 0 Å². The molecule has 3 aromatic rings. The van der Waals surface area contributed by atoms with Crippen LogP contribution in [0.3, 0.4) is 0 Å². The number of ether oxygens (including phenoxy) is 1. The molecule has 0 radical (unpaired) electrons. The fourth-order valence-electron chi connectivity index (χ4n) is 3.68. The van der Waals surface area contributed by atoms with Crippen LogP contribution >= 0.6 is 11.3 Å². The van der Waals surface area contributed by atoms with Gasteiger partial charge in [-0.15, -0.1) is 0 Å². The van der Waals surface area contributed by atoms with Gasteiger partial charge in [-0.1, -0.05) is 29.5 Å². The van der Waals surface area contributed by atoms with Gasteiger partial charge in [0.2, 0.25) is 11.8 Å². The summed E-state index contributed by atoms with van der Waals surface area (Å²) in [5.41, 5.74) is 1.60. The second-order valence-electron chi connectivity index (χ2n) is 7.82. The van der Waals surface area contributed by atoms with Crippen molar-refractivity contribution in [2.75, 3.05) is 16.4 Å². The van der Waals surface area contributed by atoms with Gasteiger partial charge >= 0.3 is 5.97 Å². The van der Waals surface area contributed by atoms with Gasteiger partial charge in [0.15, 0.2) is 5.13 Å². The highest BCUT2D eigenvalue weighted by Gasteiger charge is 2.31. The number of thiazole rings is 1. The molecule has 2 aromatic carbocycles. The summed E-state index contributed by atoms with van der Waals surface area (Å²) in [5.74, 6) is -2.04. The first-order valence-corrected chi connectivity index (χ1v) is 11.8. The molecule has 10 heteroatoms. The summed E-state index contributed by atoms with van der Waals surface area (Å²) in [6.45, 7) is 3.60. The monoisotopic (exact) mass is 495 g/mol. The van der Waals surface area contributed by atoms with Crippen molar-refractivity contribution in [3.05, 3.63) is 76.0 Å². The van der Waals surface area contributed by atoms with Crippen molar-refractivity contribution >= 4 is 45.8 Å². The number of esters is 1. The third-order valence-electron chi connectivity index (χ3n) is 5.38. The topological polar surface area (TPSA) is 96.9 Å². The molecule has 0 saturated carbocycles. The molecule has 0 aliphatic carbocycles. The Bertz CT molecular complexity index is 1290. The first kappa shape index (κ1) is 24.2. The fourth-order valence-corrected chi connectivity index (χ4v) is 4.64. The summed E-state index contributed by atoms with van der Waals surface area (Å²) in [6.07, 6.45) is 0.255. The van der Waals surface area contributed by atoms with Crippen LogP contribution in [-0.4, -0.2) is 35.3 Å². The van der Waals surface area contributed by atoms with Crippen LogP contribution in [0.4, 0.5) is 15.2 Å². The summed E-state index contributed by atoms with van der Waals surface area (Å²) >= 11 is 1.02. The highest BCUT2D eigenvalue weighted by atomic mass is 32.1. The molecular weight excluding hydrogens is 473 g/mol. The number of halogens is 1. The zero-order chi connectivity index (χ0) is 25.1. The number of nitrogens with zero attached hydrogens (tertiary/aromatic N) is 3. The SMILES string of the molecule is CCOC(=O)c1sc(N(Cc2ccc(F)cc2)C(=O)c2cccc(N3C(=O)CCC3=O)c2)nc1C. The Morgan fingerprint density at radius 2 is 1.80 bits per heavy atom. The fraction of sp³-hybridized carbons (Fsp3) is 0.240. The van der Waals surface area contributed by atoms with Crippen LogP contribution in [-0.2, 0) is 20.9 Å². The maximum Gasteiger partial charge on any atom is 0.350 e. The number of carbonyl (C=O) groups excluding carboxylic acids is 4. The largest absolute Gasteiger partial charge is 0.462 e. The second-order valence-corrected chi connectivity index (χ2v) is 8.80. The van der Waals surface area contributed by atoms with Gasteiger partial charge in [-0.25, -0.2) is 14.2 Å². The molecule has 1 aliphatic heterocycles. The summed E-state index contributed by atoms with van der Waals surface area (Å²) in [6, 6.07) is 11.9. The van der Waals surface area contributed by atoms with Crippen molar-refractivity contribution in [2.45, 2.75) is 33.2 Å². The van der Waals surface area contributed by atoms with Crippen molar-refractivity contribution in [1.29, 1.82) is 0 Å². The third kappa shape index (κ3) is 5.12. The molecule has 1 aliphatic rings. The van der Waals surface area contributed by atoms with Crippen molar-refractivity contribution in [2.24, 2.45) is 0 Å².